The van der Waals surface area contributed by atoms with Gasteiger partial charge in [0, 0.05) is 18.8 Å². The van der Waals surface area contributed by atoms with Gasteiger partial charge >= 0.3 is 0 Å². The number of rotatable bonds is 2. The number of ether oxygens (including phenoxy) is 1. The summed E-state index contributed by atoms with van der Waals surface area (Å²) in [5.74, 6) is 0. The predicted octanol–water partition coefficient (Wildman–Crippen LogP) is 1.04. The largest absolute Gasteiger partial charge is 0.379 e. The maximum absolute atomic E-state index is 5.88. The van der Waals surface area contributed by atoms with E-state index >= 15 is 0 Å². The van der Waals surface area contributed by atoms with Crippen LogP contribution in [0.1, 0.15) is 32.0 Å². The van der Waals surface area contributed by atoms with Crippen LogP contribution in [0.25, 0.3) is 0 Å². The van der Waals surface area contributed by atoms with Crippen molar-refractivity contribution >= 4 is 0 Å². The Balaban J connectivity index is 2.35. The Kier molecular flexibility index (Phi) is 2.33. The molecule has 1 aliphatic rings. The predicted molar refractivity (Wildman–Crippen MR) is 53.9 cm³/mol. The molecule has 0 spiro atoms. The highest BCUT2D eigenvalue weighted by molar-refractivity contribution is 5.08. The lowest BCUT2D eigenvalue weighted by Gasteiger charge is -2.27. The molecule has 1 fully saturated rings. The minimum absolute atomic E-state index is 0.0231. The number of nitrogens with zero attached hydrogens (tertiary/aromatic N) is 2. The summed E-state index contributed by atoms with van der Waals surface area (Å²) in [6, 6.07) is 0.0231. The molecule has 0 aromatic carbocycles. The fourth-order valence-corrected chi connectivity index (χ4v) is 1.94. The molecule has 14 heavy (non-hydrogen) atoms. The Bertz CT molecular complexity index is 313. The molecule has 2 atom stereocenters. The molecule has 0 bridgehead atoms. The summed E-state index contributed by atoms with van der Waals surface area (Å²) in [6.07, 6.45) is 4.73. The van der Waals surface area contributed by atoms with Crippen LogP contribution in [0.2, 0.25) is 0 Å². The second kappa shape index (κ2) is 3.37. The number of aromatic nitrogens is 2. The third kappa shape index (κ3) is 1.44. The molecule has 2 N–H and O–H groups in total. The minimum Gasteiger partial charge on any atom is -0.379 e. The average molecular weight is 195 g/mol. The van der Waals surface area contributed by atoms with Gasteiger partial charge in [-0.1, -0.05) is 0 Å². The lowest BCUT2D eigenvalue weighted by Crippen LogP contribution is -2.32. The van der Waals surface area contributed by atoms with E-state index in [9.17, 15) is 0 Å². The Morgan fingerprint density at radius 3 is 3.07 bits per heavy atom. The lowest BCUT2D eigenvalue weighted by molar-refractivity contribution is 0.160. The van der Waals surface area contributed by atoms with Gasteiger partial charge in [-0.15, -0.1) is 0 Å². The van der Waals surface area contributed by atoms with E-state index in [-0.39, 0.29) is 11.6 Å². The number of hydrogen-bond donors (Lipinski definition) is 1. The van der Waals surface area contributed by atoms with Crippen molar-refractivity contribution in [2.24, 2.45) is 5.73 Å². The van der Waals surface area contributed by atoms with Gasteiger partial charge in [0.15, 0.2) is 0 Å². The third-order valence-electron chi connectivity index (χ3n) is 2.91. The van der Waals surface area contributed by atoms with Crippen LogP contribution in [0.4, 0.5) is 0 Å². The van der Waals surface area contributed by atoms with E-state index in [1.807, 2.05) is 19.4 Å². The normalized spacial score (nSPS) is 29.4. The van der Waals surface area contributed by atoms with Gasteiger partial charge in [0.1, 0.15) is 0 Å². The molecule has 0 saturated carbocycles. The SMILES string of the molecule is CC(N)c1cncn1C1(C)CCOC1. The number of nitrogens with two attached hydrogens (primary N) is 1. The van der Waals surface area contributed by atoms with Gasteiger partial charge in [0.25, 0.3) is 0 Å². The summed E-state index contributed by atoms with van der Waals surface area (Å²) < 4.78 is 7.59. The Morgan fingerprint density at radius 2 is 2.50 bits per heavy atom. The van der Waals surface area contributed by atoms with E-state index in [0.717, 1.165) is 25.3 Å². The molecule has 2 heterocycles. The van der Waals surface area contributed by atoms with Crippen molar-refractivity contribution in [2.45, 2.75) is 31.8 Å². The first kappa shape index (κ1) is 9.68. The Labute approximate surface area is 84.1 Å². The third-order valence-corrected chi connectivity index (χ3v) is 2.91. The fourth-order valence-electron chi connectivity index (χ4n) is 1.94. The number of hydrogen-bond acceptors (Lipinski definition) is 3. The van der Waals surface area contributed by atoms with Gasteiger partial charge in [0.05, 0.1) is 24.2 Å². The zero-order valence-corrected chi connectivity index (χ0v) is 8.73. The van der Waals surface area contributed by atoms with Gasteiger partial charge in [-0.25, -0.2) is 4.98 Å². The molecule has 1 saturated heterocycles. The van der Waals surface area contributed by atoms with Crippen molar-refractivity contribution in [3.63, 3.8) is 0 Å². The molecule has 2 unspecified atom stereocenters. The van der Waals surface area contributed by atoms with Crippen LogP contribution in [0.5, 0.6) is 0 Å². The van der Waals surface area contributed by atoms with Crippen LogP contribution in [0.15, 0.2) is 12.5 Å². The molecule has 1 aromatic heterocycles. The van der Waals surface area contributed by atoms with E-state index in [1.54, 1.807) is 0 Å². The summed E-state index contributed by atoms with van der Waals surface area (Å²) >= 11 is 0. The molecule has 78 valence electrons. The van der Waals surface area contributed by atoms with Crippen molar-refractivity contribution in [3.8, 4) is 0 Å². The molecule has 0 aliphatic carbocycles. The standard InChI is InChI=1S/C10H17N3O/c1-8(11)9-5-12-7-13(9)10(2)3-4-14-6-10/h5,7-8H,3-4,6,11H2,1-2H3. The quantitative estimate of drug-likeness (QED) is 0.767. The Hall–Kier alpha value is -0.870. The second-order valence-corrected chi connectivity index (χ2v) is 4.28. The van der Waals surface area contributed by atoms with Crippen LogP contribution < -0.4 is 5.73 Å². The van der Waals surface area contributed by atoms with Crippen LogP contribution in [-0.4, -0.2) is 22.8 Å². The van der Waals surface area contributed by atoms with E-state index < -0.39 is 0 Å². The highest BCUT2D eigenvalue weighted by Gasteiger charge is 2.33. The highest BCUT2D eigenvalue weighted by atomic mass is 16.5. The van der Waals surface area contributed by atoms with Crippen molar-refractivity contribution in [3.05, 3.63) is 18.2 Å². The Morgan fingerprint density at radius 1 is 1.71 bits per heavy atom. The van der Waals surface area contributed by atoms with Crippen molar-refractivity contribution in [1.29, 1.82) is 0 Å². The second-order valence-electron chi connectivity index (χ2n) is 4.28. The minimum atomic E-state index is 0.0231. The molecule has 1 aliphatic heterocycles. The van der Waals surface area contributed by atoms with Gasteiger partial charge in [-0.3, -0.25) is 0 Å². The van der Waals surface area contributed by atoms with Gasteiger partial charge < -0.3 is 15.0 Å². The highest BCUT2D eigenvalue weighted by Crippen LogP contribution is 2.29. The molecule has 1 aromatic rings. The van der Waals surface area contributed by atoms with Crippen LogP contribution >= 0.6 is 0 Å². The molecule has 0 amide bonds. The van der Waals surface area contributed by atoms with Crippen molar-refractivity contribution in [2.75, 3.05) is 13.2 Å². The first-order valence-electron chi connectivity index (χ1n) is 4.99. The molecule has 0 radical (unpaired) electrons. The lowest BCUT2D eigenvalue weighted by atomic mass is 10.0. The zero-order chi connectivity index (χ0) is 10.2. The topological polar surface area (TPSA) is 53.1 Å². The van der Waals surface area contributed by atoms with E-state index in [0.29, 0.717) is 0 Å². The maximum Gasteiger partial charge on any atom is 0.0954 e. The van der Waals surface area contributed by atoms with E-state index in [2.05, 4.69) is 16.5 Å². The van der Waals surface area contributed by atoms with E-state index in [1.165, 1.54) is 0 Å². The fraction of sp³-hybridized carbons (Fsp3) is 0.700. The molecular formula is C10H17N3O. The molecule has 2 rings (SSSR count). The summed E-state index contributed by atoms with van der Waals surface area (Å²) in [5.41, 5.74) is 7.01. The summed E-state index contributed by atoms with van der Waals surface area (Å²) in [7, 11) is 0. The van der Waals surface area contributed by atoms with E-state index in [4.69, 9.17) is 10.5 Å². The first-order chi connectivity index (χ1) is 6.63. The summed E-state index contributed by atoms with van der Waals surface area (Å²) in [4.78, 5) is 4.16. The number of imidazole rings is 1. The van der Waals surface area contributed by atoms with Crippen molar-refractivity contribution < 1.29 is 4.74 Å². The molecule has 4 heteroatoms. The monoisotopic (exact) mass is 195 g/mol. The smallest absolute Gasteiger partial charge is 0.0954 e. The summed E-state index contributed by atoms with van der Waals surface area (Å²) in [5, 5.41) is 0. The maximum atomic E-state index is 5.88. The van der Waals surface area contributed by atoms with Crippen LogP contribution in [-0.2, 0) is 10.3 Å². The molecular weight excluding hydrogens is 178 g/mol. The zero-order valence-electron chi connectivity index (χ0n) is 8.73. The van der Waals surface area contributed by atoms with Crippen molar-refractivity contribution in [1.82, 2.24) is 9.55 Å². The van der Waals surface area contributed by atoms with Gasteiger partial charge in [-0.2, -0.15) is 0 Å². The van der Waals surface area contributed by atoms with Crippen LogP contribution in [0.3, 0.4) is 0 Å². The van der Waals surface area contributed by atoms with Gasteiger partial charge in [-0.05, 0) is 20.3 Å². The first-order valence-corrected chi connectivity index (χ1v) is 4.99. The van der Waals surface area contributed by atoms with Gasteiger partial charge in [0.2, 0.25) is 0 Å². The summed E-state index contributed by atoms with van der Waals surface area (Å²) in [6.45, 7) is 5.75. The van der Waals surface area contributed by atoms with Crippen LogP contribution in [0, 0.1) is 0 Å². The average Bonchev–Trinajstić information content (AvgIpc) is 2.71. The molecule has 4 nitrogen and oxygen atoms in total.